The van der Waals surface area contributed by atoms with Gasteiger partial charge in [-0.3, -0.25) is 15.6 Å². The first-order valence-corrected chi connectivity index (χ1v) is 8.23. The Morgan fingerprint density at radius 3 is 2.20 bits per heavy atom. The Labute approximate surface area is 144 Å². The number of hydrazine groups is 1. The van der Waals surface area contributed by atoms with Crippen molar-refractivity contribution in [3.8, 4) is 9.88 Å². The summed E-state index contributed by atoms with van der Waals surface area (Å²) < 4.78 is 66.1. The Bertz CT molecular complexity index is 913. The number of thiazole rings is 1. The maximum Gasteiger partial charge on any atom is 0.289 e. The van der Waals surface area contributed by atoms with Crippen LogP contribution in [0.25, 0.3) is 9.88 Å². The van der Waals surface area contributed by atoms with Crippen LogP contribution in [0.15, 0.2) is 22.9 Å². The van der Waals surface area contributed by atoms with Crippen LogP contribution in [0.5, 0.6) is 0 Å². The average Bonchev–Trinajstić information content (AvgIpc) is 3.28. The Morgan fingerprint density at radius 2 is 1.60 bits per heavy atom. The Hall–Kier alpha value is -2.53. The molecule has 0 saturated heterocycles. The van der Waals surface area contributed by atoms with Gasteiger partial charge in [-0.05, 0) is 11.4 Å². The molecule has 2 heterocycles. The van der Waals surface area contributed by atoms with Gasteiger partial charge in [-0.1, -0.05) is 6.07 Å². The molecular weight excluding hydrogens is 385 g/mol. The van der Waals surface area contributed by atoms with Crippen LogP contribution in [0.2, 0.25) is 0 Å². The third-order valence-corrected chi connectivity index (χ3v) is 4.86. The molecule has 0 fully saturated rings. The van der Waals surface area contributed by atoms with Crippen LogP contribution < -0.4 is 10.9 Å². The molecule has 0 spiro atoms. The summed E-state index contributed by atoms with van der Waals surface area (Å²) in [7, 11) is 0. The summed E-state index contributed by atoms with van der Waals surface area (Å²) >= 11 is 2.57. The zero-order valence-electron chi connectivity index (χ0n) is 11.9. The van der Waals surface area contributed by atoms with Gasteiger partial charge in [0.25, 0.3) is 5.91 Å². The van der Waals surface area contributed by atoms with Crippen LogP contribution in [0.1, 0.15) is 10.5 Å². The third-order valence-electron chi connectivity index (χ3n) is 2.98. The van der Waals surface area contributed by atoms with E-state index in [0.717, 1.165) is 16.2 Å². The number of hydrogen-bond acceptors (Lipinski definition) is 5. The van der Waals surface area contributed by atoms with Gasteiger partial charge in [0.2, 0.25) is 5.82 Å². The first-order chi connectivity index (χ1) is 11.9. The Morgan fingerprint density at radius 1 is 0.960 bits per heavy atom. The van der Waals surface area contributed by atoms with E-state index in [0.29, 0.717) is 5.01 Å². The average molecular weight is 391 g/mol. The first kappa shape index (κ1) is 17.3. The Kier molecular flexibility index (Phi) is 4.68. The number of amides is 1. The van der Waals surface area contributed by atoms with Crippen molar-refractivity contribution in [2.75, 3.05) is 5.43 Å². The lowest BCUT2D eigenvalue weighted by Crippen LogP contribution is -2.31. The van der Waals surface area contributed by atoms with Crippen molar-refractivity contribution in [1.82, 2.24) is 10.4 Å². The minimum Gasteiger partial charge on any atom is -0.293 e. The van der Waals surface area contributed by atoms with E-state index in [2.05, 4.69) is 4.98 Å². The van der Waals surface area contributed by atoms with E-state index < -0.39 is 40.7 Å². The van der Waals surface area contributed by atoms with Crippen molar-refractivity contribution >= 4 is 34.3 Å². The largest absolute Gasteiger partial charge is 0.293 e. The van der Waals surface area contributed by atoms with Crippen molar-refractivity contribution in [2.24, 2.45) is 0 Å². The number of halogens is 5. The number of thiophene rings is 1. The minimum atomic E-state index is -2.29. The number of rotatable bonds is 4. The molecule has 1 aromatic carbocycles. The first-order valence-electron chi connectivity index (χ1n) is 6.47. The van der Waals surface area contributed by atoms with Crippen molar-refractivity contribution in [3.05, 3.63) is 57.7 Å². The van der Waals surface area contributed by atoms with Crippen LogP contribution in [0, 0.1) is 29.1 Å². The molecule has 0 bridgehead atoms. The summed E-state index contributed by atoms with van der Waals surface area (Å²) in [6.45, 7) is 0. The molecule has 2 aromatic heterocycles. The predicted molar refractivity (Wildman–Crippen MR) is 82.7 cm³/mol. The fourth-order valence-corrected chi connectivity index (χ4v) is 3.40. The number of carbonyl (C=O) groups excluding carboxylic acids is 1. The molecule has 0 aliphatic rings. The molecule has 130 valence electrons. The quantitative estimate of drug-likeness (QED) is 0.301. The lowest BCUT2D eigenvalue weighted by Gasteiger charge is -2.11. The summed E-state index contributed by atoms with van der Waals surface area (Å²) in [6.07, 6.45) is 0. The molecule has 25 heavy (non-hydrogen) atoms. The van der Waals surface area contributed by atoms with Crippen LogP contribution in [-0.2, 0) is 0 Å². The molecule has 0 radical (unpaired) electrons. The monoisotopic (exact) mass is 391 g/mol. The number of anilines is 1. The normalized spacial score (nSPS) is 10.8. The van der Waals surface area contributed by atoms with Crippen LogP contribution in [0.3, 0.4) is 0 Å². The number of aromatic nitrogens is 1. The van der Waals surface area contributed by atoms with Gasteiger partial charge in [-0.2, -0.15) is 0 Å². The zero-order valence-corrected chi connectivity index (χ0v) is 13.5. The van der Waals surface area contributed by atoms with E-state index in [-0.39, 0.29) is 5.69 Å². The highest BCUT2D eigenvalue weighted by atomic mass is 32.1. The number of carbonyl (C=O) groups is 1. The van der Waals surface area contributed by atoms with Gasteiger partial charge < -0.3 is 0 Å². The smallest absolute Gasteiger partial charge is 0.289 e. The number of hydrogen-bond donors (Lipinski definition) is 2. The number of nitrogens with one attached hydrogen (secondary N) is 2. The summed E-state index contributed by atoms with van der Waals surface area (Å²) in [6, 6.07) is 3.59. The van der Waals surface area contributed by atoms with Crippen molar-refractivity contribution in [1.29, 1.82) is 0 Å². The molecule has 11 heteroatoms. The van der Waals surface area contributed by atoms with E-state index in [1.165, 1.54) is 16.7 Å². The molecule has 3 aromatic rings. The molecule has 0 saturated carbocycles. The predicted octanol–water partition coefficient (Wildman–Crippen LogP) is 4.32. The molecular formula is C14H6F5N3OS2. The second-order valence-corrected chi connectivity index (χ2v) is 6.35. The fraction of sp³-hybridized carbons (Fsp3) is 0. The van der Waals surface area contributed by atoms with Gasteiger partial charge in [0.1, 0.15) is 16.4 Å². The van der Waals surface area contributed by atoms with Crippen LogP contribution in [0.4, 0.5) is 27.6 Å². The zero-order chi connectivity index (χ0) is 18.1. The van der Waals surface area contributed by atoms with Crippen molar-refractivity contribution in [2.45, 2.75) is 0 Å². The summed E-state index contributed by atoms with van der Waals surface area (Å²) in [5, 5.41) is 3.77. The van der Waals surface area contributed by atoms with Gasteiger partial charge in [0.05, 0.1) is 4.88 Å². The molecule has 4 nitrogen and oxygen atoms in total. The van der Waals surface area contributed by atoms with Crippen molar-refractivity contribution in [3.63, 3.8) is 0 Å². The maximum atomic E-state index is 13.5. The SMILES string of the molecule is O=C(NNc1c(F)c(F)c(F)c(F)c1F)c1csc(-c2cccs2)n1. The number of nitrogens with zero attached hydrogens (tertiary/aromatic N) is 1. The van der Waals surface area contributed by atoms with Gasteiger partial charge in [0, 0.05) is 5.38 Å². The number of benzene rings is 1. The van der Waals surface area contributed by atoms with Gasteiger partial charge >= 0.3 is 0 Å². The summed E-state index contributed by atoms with van der Waals surface area (Å²) in [5.41, 5.74) is 2.11. The highest BCUT2D eigenvalue weighted by Crippen LogP contribution is 2.28. The highest BCUT2D eigenvalue weighted by Gasteiger charge is 2.26. The topological polar surface area (TPSA) is 54.0 Å². The van der Waals surface area contributed by atoms with Crippen LogP contribution in [-0.4, -0.2) is 10.9 Å². The second kappa shape index (κ2) is 6.76. The van der Waals surface area contributed by atoms with Crippen molar-refractivity contribution < 1.29 is 26.7 Å². The second-order valence-electron chi connectivity index (χ2n) is 4.54. The van der Waals surface area contributed by atoms with Gasteiger partial charge in [-0.15, -0.1) is 22.7 Å². The molecule has 0 atom stereocenters. The molecule has 0 aliphatic heterocycles. The van der Waals surface area contributed by atoms with E-state index >= 15 is 0 Å². The molecule has 1 amide bonds. The van der Waals surface area contributed by atoms with E-state index in [9.17, 15) is 26.7 Å². The molecule has 3 rings (SSSR count). The van der Waals surface area contributed by atoms with Gasteiger partial charge in [-0.25, -0.2) is 26.9 Å². The standard InChI is InChI=1S/C14H6F5N3OS2/c15-7-8(16)10(18)12(11(19)9(7)17)21-22-13(23)5-4-25-14(20-5)6-2-1-3-24-6/h1-4,21H,(H,22,23). The van der Waals surface area contributed by atoms with Crippen LogP contribution >= 0.6 is 22.7 Å². The molecule has 0 unspecified atom stereocenters. The third kappa shape index (κ3) is 3.20. The summed E-state index contributed by atoms with van der Waals surface area (Å²) in [5.74, 6) is -11.6. The Balaban J connectivity index is 1.77. The molecule has 0 aliphatic carbocycles. The fourth-order valence-electron chi connectivity index (χ4n) is 1.79. The maximum absolute atomic E-state index is 13.5. The van der Waals surface area contributed by atoms with E-state index in [1.807, 2.05) is 10.8 Å². The minimum absolute atomic E-state index is 0.0789. The lowest BCUT2D eigenvalue weighted by atomic mass is 10.2. The van der Waals surface area contributed by atoms with E-state index in [4.69, 9.17) is 0 Å². The summed E-state index contributed by atoms with van der Waals surface area (Å²) in [4.78, 5) is 16.8. The van der Waals surface area contributed by atoms with E-state index in [1.54, 1.807) is 17.6 Å². The highest BCUT2D eigenvalue weighted by molar-refractivity contribution is 7.20. The lowest BCUT2D eigenvalue weighted by molar-refractivity contribution is 0.0958. The van der Waals surface area contributed by atoms with Gasteiger partial charge in [0.15, 0.2) is 23.3 Å². The molecule has 2 N–H and O–H groups in total.